The number of rotatable bonds is 10. The van der Waals surface area contributed by atoms with Crippen molar-refractivity contribution in [3.8, 4) is 5.75 Å². The van der Waals surface area contributed by atoms with Gasteiger partial charge in [0.05, 0.1) is 19.6 Å². The van der Waals surface area contributed by atoms with Crippen LogP contribution in [0.25, 0.3) is 0 Å². The number of fused-ring (bicyclic) bond motifs is 1. The number of methoxy groups -OCH3 is 1. The molecule has 1 N–H and O–H groups in total. The Hall–Kier alpha value is -2.90. The fourth-order valence-electron chi connectivity index (χ4n) is 6.04. The Morgan fingerprint density at radius 2 is 1.81 bits per heavy atom. The van der Waals surface area contributed by atoms with E-state index in [0.29, 0.717) is 49.7 Å². The number of hydrogen-bond acceptors (Lipinski definition) is 5. The van der Waals surface area contributed by atoms with E-state index in [1.165, 1.54) is 24.2 Å². The number of benzene rings is 1. The third-order valence-electron chi connectivity index (χ3n) is 7.98. The fraction of sp³-hybridized carbons (Fsp3) is 0.643. The highest BCUT2D eigenvalue weighted by atomic mass is 16.5. The second kappa shape index (κ2) is 12.4. The quantitative estimate of drug-likeness (QED) is 0.381. The summed E-state index contributed by atoms with van der Waals surface area (Å²) in [5.41, 5.74) is 1.28. The molecule has 196 valence electrons. The third-order valence-corrected chi connectivity index (χ3v) is 7.98. The average Bonchev–Trinajstić information content (AvgIpc) is 2.91. The van der Waals surface area contributed by atoms with Crippen molar-refractivity contribution in [3.05, 3.63) is 29.3 Å². The molecule has 3 fully saturated rings. The third kappa shape index (κ3) is 6.08. The molecule has 0 spiro atoms. The van der Waals surface area contributed by atoms with Crippen molar-refractivity contribution in [1.82, 2.24) is 15.1 Å². The van der Waals surface area contributed by atoms with Crippen LogP contribution < -0.4 is 10.1 Å². The molecule has 1 aromatic carbocycles. The summed E-state index contributed by atoms with van der Waals surface area (Å²) in [5, 5.41) is 3.14. The Bertz CT molecular complexity index is 959. The number of carbonyl (C=O) groups excluding carboxylic acids is 4. The van der Waals surface area contributed by atoms with Crippen LogP contribution in [0.3, 0.4) is 0 Å². The van der Waals surface area contributed by atoms with Gasteiger partial charge in [-0.3, -0.25) is 19.3 Å². The van der Waals surface area contributed by atoms with E-state index < -0.39 is 0 Å². The first-order chi connectivity index (χ1) is 17.5. The van der Waals surface area contributed by atoms with Crippen molar-refractivity contribution in [3.63, 3.8) is 0 Å². The van der Waals surface area contributed by atoms with E-state index in [4.69, 9.17) is 4.74 Å². The molecule has 2 aliphatic carbocycles. The van der Waals surface area contributed by atoms with E-state index in [0.717, 1.165) is 50.4 Å². The molecule has 2 atom stereocenters. The van der Waals surface area contributed by atoms with Crippen LogP contribution in [0.2, 0.25) is 0 Å². The van der Waals surface area contributed by atoms with Crippen LogP contribution in [0.15, 0.2) is 18.2 Å². The maximum Gasteiger partial charge on any atom is 0.327 e. The lowest BCUT2D eigenvalue weighted by Crippen LogP contribution is -2.62. The molecule has 0 aromatic heterocycles. The molecule has 36 heavy (non-hydrogen) atoms. The number of carbonyl (C=O) groups is 4. The van der Waals surface area contributed by atoms with Gasteiger partial charge in [0.25, 0.3) is 0 Å². The smallest absolute Gasteiger partial charge is 0.327 e. The molecule has 1 saturated heterocycles. The van der Waals surface area contributed by atoms with Crippen molar-refractivity contribution in [2.24, 2.45) is 5.92 Å². The second-order valence-corrected chi connectivity index (χ2v) is 10.4. The first kappa shape index (κ1) is 26.2. The highest BCUT2D eigenvalue weighted by Crippen LogP contribution is 2.36. The number of ether oxygens (including phenoxy) is 1. The maximum atomic E-state index is 13.6. The van der Waals surface area contributed by atoms with Gasteiger partial charge >= 0.3 is 6.03 Å². The van der Waals surface area contributed by atoms with Crippen LogP contribution in [0, 0.1) is 5.92 Å². The molecule has 1 heterocycles. The SMILES string of the molecule is COc1ccc(C=O)cc1CN1C(=O)N(CCCCC(=O)NC2CCCCC2)C(=O)C2CCCCC21. The molecule has 0 bridgehead atoms. The Balaban J connectivity index is 1.39. The molecule has 0 radical (unpaired) electrons. The minimum Gasteiger partial charge on any atom is -0.496 e. The lowest BCUT2D eigenvalue weighted by atomic mass is 9.81. The topological polar surface area (TPSA) is 96.0 Å². The van der Waals surface area contributed by atoms with Gasteiger partial charge in [-0.05, 0) is 56.7 Å². The molecule has 4 rings (SSSR count). The highest BCUT2D eigenvalue weighted by molar-refractivity contribution is 5.98. The summed E-state index contributed by atoms with van der Waals surface area (Å²) in [5.74, 6) is 0.398. The van der Waals surface area contributed by atoms with Crippen molar-refractivity contribution in [2.45, 2.75) is 95.7 Å². The summed E-state index contributed by atoms with van der Waals surface area (Å²) in [7, 11) is 1.57. The molecule has 2 saturated carbocycles. The van der Waals surface area contributed by atoms with Gasteiger partial charge in [-0.1, -0.05) is 32.1 Å². The van der Waals surface area contributed by atoms with Gasteiger partial charge in [0, 0.05) is 36.2 Å². The molecule has 1 aliphatic heterocycles. The van der Waals surface area contributed by atoms with E-state index in [1.54, 1.807) is 30.2 Å². The zero-order chi connectivity index (χ0) is 25.5. The predicted molar refractivity (Wildman–Crippen MR) is 136 cm³/mol. The molecule has 2 unspecified atom stereocenters. The van der Waals surface area contributed by atoms with Gasteiger partial charge in [-0.2, -0.15) is 0 Å². The predicted octanol–water partition coefficient (Wildman–Crippen LogP) is 4.45. The average molecular weight is 498 g/mol. The second-order valence-electron chi connectivity index (χ2n) is 10.4. The number of nitrogens with one attached hydrogen (secondary N) is 1. The van der Waals surface area contributed by atoms with Gasteiger partial charge in [0.1, 0.15) is 12.0 Å². The van der Waals surface area contributed by atoms with Crippen LogP contribution in [-0.4, -0.2) is 59.7 Å². The molecule has 4 amide bonds. The Morgan fingerprint density at radius 1 is 1.06 bits per heavy atom. The molecule has 8 heteroatoms. The van der Waals surface area contributed by atoms with Gasteiger partial charge in [-0.15, -0.1) is 0 Å². The Labute approximate surface area is 213 Å². The number of nitrogens with zero attached hydrogens (tertiary/aromatic N) is 2. The van der Waals surface area contributed by atoms with Crippen LogP contribution in [-0.2, 0) is 16.1 Å². The molecular weight excluding hydrogens is 458 g/mol. The van der Waals surface area contributed by atoms with Gasteiger partial charge in [0.15, 0.2) is 0 Å². The van der Waals surface area contributed by atoms with Crippen LogP contribution >= 0.6 is 0 Å². The van der Waals surface area contributed by atoms with Crippen LogP contribution in [0.1, 0.15) is 93.0 Å². The first-order valence-electron chi connectivity index (χ1n) is 13.5. The van der Waals surface area contributed by atoms with Crippen molar-refractivity contribution < 1.29 is 23.9 Å². The van der Waals surface area contributed by atoms with Crippen molar-refractivity contribution >= 4 is 24.1 Å². The van der Waals surface area contributed by atoms with Crippen molar-refractivity contribution in [1.29, 1.82) is 0 Å². The summed E-state index contributed by atoms with van der Waals surface area (Å²) >= 11 is 0. The summed E-state index contributed by atoms with van der Waals surface area (Å²) < 4.78 is 5.49. The highest BCUT2D eigenvalue weighted by Gasteiger charge is 2.46. The number of aldehydes is 1. The molecular formula is C28H39N3O5. The van der Waals surface area contributed by atoms with E-state index in [9.17, 15) is 19.2 Å². The largest absolute Gasteiger partial charge is 0.496 e. The van der Waals surface area contributed by atoms with Gasteiger partial charge in [-0.25, -0.2) is 4.79 Å². The summed E-state index contributed by atoms with van der Waals surface area (Å²) in [4.78, 5) is 53.8. The summed E-state index contributed by atoms with van der Waals surface area (Å²) in [6, 6.07) is 5.06. The molecule has 8 nitrogen and oxygen atoms in total. The van der Waals surface area contributed by atoms with Gasteiger partial charge in [0.2, 0.25) is 11.8 Å². The number of hydrogen-bond donors (Lipinski definition) is 1. The number of urea groups is 1. The minimum atomic E-state index is -0.284. The zero-order valence-electron chi connectivity index (χ0n) is 21.4. The van der Waals surface area contributed by atoms with E-state index in [1.807, 2.05) is 0 Å². The normalized spacial score (nSPS) is 22.8. The standard InChI is InChI=1S/C28H39N3O5/c1-36-25-15-14-20(19-32)17-21(25)18-31-24-12-6-5-11-23(24)27(34)30(28(31)35)16-8-7-13-26(33)29-22-9-3-2-4-10-22/h14-15,17,19,22-24H,2-13,16,18H2,1H3,(H,29,33). The van der Waals surface area contributed by atoms with E-state index in [2.05, 4.69) is 5.32 Å². The number of imide groups is 1. The number of unbranched alkanes of at least 4 members (excludes halogenated alkanes) is 1. The minimum absolute atomic E-state index is 0.0642. The Morgan fingerprint density at radius 3 is 2.56 bits per heavy atom. The van der Waals surface area contributed by atoms with Crippen LogP contribution in [0.4, 0.5) is 4.79 Å². The Kier molecular flexibility index (Phi) is 8.99. The van der Waals surface area contributed by atoms with Crippen LogP contribution in [0.5, 0.6) is 5.75 Å². The lowest BCUT2D eigenvalue weighted by molar-refractivity contribution is -0.140. The molecule has 1 aromatic rings. The fourth-order valence-corrected chi connectivity index (χ4v) is 6.04. The lowest BCUT2D eigenvalue weighted by Gasteiger charge is -2.47. The van der Waals surface area contributed by atoms with Gasteiger partial charge < -0.3 is 15.0 Å². The number of amides is 4. The van der Waals surface area contributed by atoms with Crippen molar-refractivity contribution in [2.75, 3.05) is 13.7 Å². The van der Waals surface area contributed by atoms with E-state index >= 15 is 0 Å². The summed E-state index contributed by atoms with van der Waals surface area (Å²) in [6.07, 6.45) is 11.7. The monoisotopic (exact) mass is 497 g/mol. The maximum absolute atomic E-state index is 13.6. The zero-order valence-corrected chi connectivity index (χ0v) is 21.4. The summed E-state index contributed by atoms with van der Waals surface area (Å²) in [6.45, 7) is 0.609. The first-order valence-corrected chi connectivity index (χ1v) is 13.5. The van der Waals surface area contributed by atoms with E-state index in [-0.39, 0.29) is 29.8 Å². The molecule has 3 aliphatic rings.